The van der Waals surface area contributed by atoms with Crippen molar-refractivity contribution in [3.05, 3.63) is 63.1 Å². The standard InChI is InChI=1S/C19H22N2O3/c1-12-3-8-17-14(9-12)10-16(19(23)21-17)18(22)20-11-13-4-6-15(24-2)7-5-13/h4-7,10,12H,3,8-9,11H2,1-2H3,(H,20,22)(H,21,23). The third-order valence-corrected chi connectivity index (χ3v) is 4.53. The van der Waals surface area contributed by atoms with Gasteiger partial charge in [-0.15, -0.1) is 0 Å². The Morgan fingerprint density at radius 1 is 1.33 bits per heavy atom. The van der Waals surface area contributed by atoms with Crippen LogP contribution in [0.4, 0.5) is 0 Å². The number of carbonyl (C=O) groups excluding carboxylic acids is 1. The van der Waals surface area contributed by atoms with Crippen LogP contribution in [-0.4, -0.2) is 18.0 Å². The van der Waals surface area contributed by atoms with Crippen molar-refractivity contribution in [1.29, 1.82) is 0 Å². The van der Waals surface area contributed by atoms with Gasteiger partial charge in [-0.3, -0.25) is 9.59 Å². The van der Waals surface area contributed by atoms with Gasteiger partial charge in [0.2, 0.25) is 0 Å². The van der Waals surface area contributed by atoms with Gasteiger partial charge in [0.15, 0.2) is 0 Å². The van der Waals surface area contributed by atoms with Crippen LogP contribution in [0.5, 0.6) is 5.75 Å². The van der Waals surface area contributed by atoms with E-state index in [0.29, 0.717) is 12.5 Å². The number of fused-ring (bicyclic) bond motifs is 1. The lowest BCUT2D eigenvalue weighted by atomic mass is 9.87. The van der Waals surface area contributed by atoms with E-state index in [-0.39, 0.29) is 17.0 Å². The lowest BCUT2D eigenvalue weighted by molar-refractivity contribution is 0.0949. The summed E-state index contributed by atoms with van der Waals surface area (Å²) in [5.41, 5.74) is 2.90. The van der Waals surface area contributed by atoms with Crippen LogP contribution in [0.3, 0.4) is 0 Å². The van der Waals surface area contributed by atoms with Gasteiger partial charge in [0, 0.05) is 12.2 Å². The molecule has 1 heterocycles. The number of H-pyrrole nitrogens is 1. The van der Waals surface area contributed by atoms with Crippen LogP contribution in [0.25, 0.3) is 0 Å². The van der Waals surface area contributed by atoms with E-state index in [0.717, 1.165) is 41.8 Å². The maximum Gasteiger partial charge on any atom is 0.261 e. The van der Waals surface area contributed by atoms with Gasteiger partial charge in [0.05, 0.1) is 7.11 Å². The monoisotopic (exact) mass is 326 g/mol. The molecule has 2 aromatic rings. The Kier molecular flexibility index (Phi) is 4.69. The van der Waals surface area contributed by atoms with Crippen LogP contribution in [0, 0.1) is 5.92 Å². The molecule has 0 bridgehead atoms. The summed E-state index contributed by atoms with van der Waals surface area (Å²) in [7, 11) is 1.61. The minimum atomic E-state index is -0.340. The first kappa shape index (κ1) is 16.3. The zero-order valence-corrected chi connectivity index (χ0v) is 14.0. The third-order valence-electron chi connectivity index (χ3n) is 4.53. The van der Waals surface area contributed by atoms with Crippen molar-refractivity contribution in [1.82, 2.24) is 10.3 Å². The Morgan fingerprint density at radius 3 is 2.79 bits per heavy atom. The van der Waals surface area contributed by atoms with Gasteiger partial charge in [-0.25, -0.2) is 0 Å². The van der Waals surface area contributed by atoms with Crippen molar-refractivity contribution >= 4 is 5.91 Å². The molecule has 1 aromatic heterocycles. The molecule has 5 heteroatoms. The number of aromatic amines is 1. The average molecular weight is 326 g/mol. The summed E-state index contributed by atoms with van der Waals surface area (Å²) in [4.78, 5) is 27.4. The molecule has 1 aromatic carbocycles. The average Bonchev–Trinajstić information content (AvgIpc) is 2.60. The molecule has 1 aliphatic carbocycles. The number of pyridine rings is 1. The first-order chi connectivity index (χ1) is 11.6. The zero-order chi connectivity index (χ0) is 17.1. The second-order valence-corrected chi connectivity index (χ2v) is 6.39. The van der Waals surface area contributed by atoms with E-state index < -0.39 is 0 Å². The maximum absolute atomic E-state index is 12.4. The quantitative estimate of drug-likeness (QED) is 0.906. The van der Waals surface area contributed by atoms with Gasteiger partial charge in [0.25, 0.3) is 11.5 Å². The Bertz CT molecular complexity index is 793. The van der Waals surface area contributed by atoms with Gasteiger partial charge in [0.1, 0.15) is 11.3 Å². The minimum absolute atomic E-state index is 0.191. The molecule has 2 N–H and O–H groups in total. The molecular formula is C19H22N2O3. The van der Waals surface area contributed by atoms with Crippen molar-refractivity contribution < 1.29 is 9.53 Å². The van der Waals surface area contributed by atoms with Crippen molar-refractivity contribution in [2.24, 2.45) is 5.92 Å². The van der Waals surface area contributed by atoms with E-state index in [1.807, 2.05) is 24.3 Å². The highest BCUT2D eigenvalue weighted by molar-refractivity contribution is 5.94. The third kappa shape index (κ3) is 3.50. The zero-order valence-electron chi connectivity index (χ0n) is 14.0. The molecule has 0 spiro atoms. The summed E-state index contributed by atoms with van der Waals surface area (Å²) in [6, 6.07) is 9.21. The Hall–Kier alpha value is -2.56. The summed E-state index contributed by atoms with van der Waals surface area (Å²) in [6.45, 7) is 2.56. The van der Waals surface area contributed by atoms with E-state index in [2.05, 4.69) is 17.2 Å². The molecule has 1 atom stereocenters. The molecule has 0 aliphatic heterocycles. The number of aryl methyl sites for hydroxylation is 1. The van der Waals surface area contributed by atoms with Crippen molar-refractivity contribution in [3.63, 3.8) is 0 Å². The van der Waals surface area contributed by atoms with E-state index in [1.54, 1.807) is 13.2 Å². The fraction of sp³-hybridized carbons (Fsp3) is 0.368. The van der Waals surface area contributed by atoms with Crippen molar-refractivity contribution in [2.45, 2.75) is 32.7 Å². The number of ether oxygens (including phenoxy) is 1. The molecule has 1 amide bonds. The Labute approximate surface area is 141 Å². The van der Waals surface area contributed by atoms with Gasteiger partial charge in [-0.05, 0) is 54.5 Å². The predicted octanol–water partition coefficient (Wildman–Crippen LogP) is 2.44. The van der Waals surface area contributed by atoms with E-state index in [9.17, 15) is 9.59 Å². The summed E-state index contributed by atoms with van der Waals surface area (Å²) >= 11 is 0. The lowest BCUT2D eigenvalue weighted by Gasteiger charge is -2.21. The molecule has 0 radical (unpaired) electrons. The van der Waals surface area contributed by atoms with Gasteiger partial charge >= 0.3 is 0 Å². The van der Waals surface area contributed by atoms with Crippen molar-refractivity contribution in [3.8, 4) is 5.75 Å². The molecule has 0 fully saturated rings. The molecule has 3 rings (SSSR count). The summed E-state index contributed by atoms with van der Waals surface area (Å²) in [6.07, 6.45) is 2.86. The highest BCUT2D eigenvalue weighted by atomic mass is 16.5. The fourth-order valence-electron chi connectivity index (χ4n) is 3.07. The van der Waals surface area contributed by atoms with Gasteiger partial charge < -0.3 is 15.0 Å². The molecular weight excluding hydrogens is 304 g/mol. The molecule has 24 heavy (non-hydrogen) atoms. The largest absolute Gasteiger partial charge is 0.497 e. The van der Waals surface area contributed by atoms with Crippen LogP contribution in [0.15, 0.2) is 35.1 Å². The number of rotatable bonds is 4. The van der Waals surface area contributed by atoms with Crippen molar-refractivity contribution in [2.75, 3.05) is 7.11 Å². The van der Waals surface area contributed by atoms with Gasteiger partial charge in [-0.2, -0.15) is 0 Å². The van der Waals surface area contributed by atoms with E-state index >= 15 is 0 Å². The minimum Gasteiger partial charge on any atom is -0.497 e. The molecule has 0 saturated carbocycles. The summed E-state index contributed by atoms with van der Waals surface area (Å²) < 4.78 is 5.11. The number of aromatic nitrogens is 1. The summed E-state index contributed by atoms with van der Waals surface area (Å²) in [5.74, 6) is 1.01. The number of benzene rings is 1. The van der Waals surface area contributed by atoms with Crippen LogP contribution in [-0.2, 0) is 19.4 Å². The van der Waals surface area contributed by atoms with Crippen LogP contribution in [0.1, 0.15) is 40.5 Å². The number of amides is 1. The Balaban J connectivity index is 1.72. The predicted molar refractivity (Wildman–Crippen MR) is 92.4 cm³/mol. The number of hydrogen-bond donors (Lipinski definition) is 2. The fourth-order valence-corrected chi connectivity index (χ4v) is 3.07. The molecule has 1 unspecified atom stereocenters. The normalized spacial score (nSPS) is 16.3. The smallest absolute Gasteiger partial charge is 0.261 e. The van der Waals surface area contributed by atoms with E-state index in [4.69, 9.17) is 4.74 Å². The first-order valence-corrected chi connectivity index (χ1v) is 8.23. The highest BCUT2D eigenvalue weighted by Crippen LogP contribution is 2.23. The number of carbonyl (C=O) groups is 1. The van der Waals surface area contributed by atoms with Gasteiger partial charge in [-0.1, -0.05) is 19.1 Å². The van der Waals surface area contributed by atoms with Crippen LogP contribution in [0.2, 0.25) is 0 Å². The topological polar surface area (TPSA) is 71.2 Å². The second-order valence-electron chi connectivity index (χ2n) is 6.39. The number of methoxy groups -OCH3 is 1. The second kappa shape index (κ2) is 6.91. The molecule has 126 valence electrons. The summed E-state index contributed by atoms with van der Waals surface area (Å²) in [5, 5.41) is 2.81. The molecule has 5 nitrogen and oxygen atoms in total. The number of nitrogens with one attached hydrogen (secondary N) is 2. The molecule has 0 saturated heterocycles. The lowest BCUT2D eigenvalue weighted by Crippen LogP contribution is -2.31. The molecule has 1 aliphatic rings. The first-order valence-electron chi connectivity index (χ1n) is 8.23. The van der Waals surface area contributed by atoms with Crippen LogP contribution >= 0.6 is 0 Å². The van der Waals surface area contributed by atoms with Crippen LogP contribution < -0.4 is 15.6 Å². The number of hydrogen-bond acceptors (Lipinski definition) is 3. The highest BCUT2D eigenvalue weighted by Gasteiger charge is 2.20. The Morgan fingerprint density at radius 2 is 2.08 bits per heavy atom. The maximum atomic E-state index is 12.4. The van der Waals surface area contributed by atoms with E-state index in [1.165, 1.54) is 0 Å². The SMILES string of the molecule is COc1ccc(CNC(=O)c2cc3c([nH]c2=O)CCC(C)C3)cc1.